The van der Waals surface area contributed by atoms with Crippen molar-refractivity contribution in [3.05, 3.63) is 99.6 Å². The average Bonchev–Trinajstić information content (AvgIpc) is 2.82. The van der Waals surface area contributed by atoms with E-state index in [0.717, 1.165) is 11.1 Å². The maximum atomic E-state index is 12.9. The van der Waals surface area contributed by atoms with Crippen molar-refractivity contribution in [2.24, 2.45) is 0 Å². The number of hydrogen-bond acceptors (Lipinski definition) is 5. The van der Waals surface area contributed by atoms with Crippen LogP contribution in [-0.4, -0.2) is 50.2 Å². The first-order valence-corrected chi connectivity index (χ1v) is 10.1. The van der Waals surface area contributed by atoms with E-state index < -0.39 is 57.6 Å². The summed E-state index contributed by atoms with van der Waals surface area (Å²) in [6.45, 7) is 1.99. The molecule has 1 atom stereocenters. The summed E-state index contributed by atoms with van der Waals surface area (Å²) >= 11 is 0. The fourth-order valence-corrected chi connectivity index (χ4v) is 3.68. The monoisotopic (exact) mass is 477 g/mol. The van der Waals surface area contributed by atoms with Gasteiger partial charge in [-0.25, -0.2) is 19.2 Å². The molecule has 1 amide bonds. The number of aromatic carboxylic acids is 4. The van der Waals surface area contributed by atoms with Crippen molar-refractivity contribution >= 4 is 35.5 Å². The largest absolute Gasteiger partial charge is 0.478 e. The molecule has 35 heavy (non-hydrogen) atoms. The number of carboxylic acid groups (broad SMARTS) is 4. The first kappa shape index (κ1) is 24.6. The number of hydrogen-bond donors (Lipinski definition) is 5. The summed E-state index contributed by atoms with van der Waals surface area (Å²) in [5.41, 5.74) is -3.29. The molecule has 0 fully saturated rings. The molecule has 3 rings (SSSR count). The summed E-state index contributed by atoms with van der Waals surface area (Å²) in [7, 11) is 0. The van der Waals surface area contributed by atoms with E-state index in [4.69, 9.17) is 0 Å². The summed E-state index contributed by atoms with van der Waals surface area (Å²) in [6, 6.07) is 16.8. The van der Waals surface area contributed by atoms with E-state index in [2.05, 4.69) is 5.32 Å². The molecular weight excluding hydrogens is 458 g/mol. The van der Waals surface area contributed by atoms with Gasteiger partial charge in [-0.05, 0) is 29.3 Å². The third-order valence-electron chi connectivity index (χ3n) is 5.41. The minimum Gasteiger partial charge on any atom is -0.478 e. The molecule has 10 nitrogen and oxygen atoms in total. The highest BCUT2D eigenvalue weighted by Crippen LogP contribution is 2.28. The Morgan fingerprint density at radius 2 is 1.11 bits per heavy atom. The smallest absolute Gasteiger partial charge is 0.337 e. The second-order valence-corrected chi connectivity index (χ2v) is 7.53. The van der Waals surface area contributed by atoms with E-state index in [-0.39, 0.29) is 11.6 Å². The quantitative estimate of drug-likeness (QED) is 0.322. The SMILES string of the molecule is CC(c1ccccc1)c1ccc(NC(=O)c2cc(C(=O)O)c(C(=O)O)c(C(=O)O)c2C(=O)O)cc1. The lowest BCUT2D eigenvalue weighted by atomic mass is 9.90. The van der Waals surface area contributed by atoms with Gasteiger partial charge in [0.2, 0.25) is 0 Å². The zero-order valence-electron chi connectivity index (χ0n) is 18.2. The first-order valence-electron chi connectivity index (χ1n) is 10.1. The molecule has 0 saturated carbocycles. The highest BCUT2D eigenvalue weighted by Gasteiger charge is 2.34. The first-order chi connectivity index (χ1) is 16.5. The standard InChI is InChI=1S/C25H19NO9/c1-12(13-5-3-2-4-6-13)14-7-9-15(10-8-14)26-21(27)16-11-17(22(28)29)19(24(32)33)20(25(34)35)18(16)23(30)31/h2-12H,1H3,(H,26,27)(H,28,29)(H,30,31)(H,32,33)(H,34,35). The Labute approximate surface area is 198 Å². The topological polar surface area (TPSA) is 178 Å². The van der Waals surface area contributed by atoms with Crippen LogP contribution in [0.3, 0.4) is 0 Å². The van der Waals surface area contributed by atoms with Crippen molar-refractivity contribution in [2.45, 2.75) is 12.8 Å². The zero-order chi connectivity index (χ0) is 25.9. The fraction of sp³-hybridized carbons (Fsp3) is 0.0800. The molecule has 0 aliphatic carbocycles. The Bertz CT molecular complexity index is 1350. The highest BCUT2D eigenvalue weighted by atomic mass is 16.4. The predicted molar refractivity (Wildman–Crippen MR) is 123 cm³/mol. The van der Waals surface area contributed by atoms with Gasteiger partial charge in [-0.2, -0.15) is 0 Å². The third kappa shape index (κ3) is 5.01. The summed E-state index contributed by atoms with van der Waals surface area (Å²) in [4.78, 5) is 59.6. The Balaban J connectivity index is 2.03. The van der Waals surface area contributed by atoms with Gasteiger partial charge in [0.1, 0.15) is 0 Å². The predicted octanol–water partition coefficient (Wildman–Crippen LogP) is 3.88. The summed E-state index contributed by atoms with van der Waals surface area (Å²) in [5.74, 6) is -8.78. The molecule has 0 bridgehead atoms. The Morgan fingerprint density at radius 1 is 0.629 bits per heavy atom. The van der Waals surface area contributed by atoms with Gasteiger partial charge in [0.05, 0.1) is 27.8 Å². The highest BCUT2D eigenvalue weighted by molar-refractivity contribution is 6.20. The maximum Gasteiger partial charge on any atom is 0.337 e. The Kier molecular flexibility index (Phi) is 6.95. The van der Waals surface area contributed by atoms with Crippen LogP contribution in [0.25, 0.3) is 0 Å². The molecule has 5 N–H and O–H groups in total. The molecule has 0 saturated heterocycles. The van der Waals surface area contributed by atoms with Crippen LogP contribution in [0.1, 0.15) is 75.8 Å². The lowest BCUT2D eigenvalue weighted by molar-refractivity contribution is 0.0618. The fourth-order valence-electron chi connectivity index (χ4n) is 3.68. The second kappa shape index (κ2) is 9.87. The molecule has 0 heterocycles. The van der Waals surface area contributed by atoms with Crippen molar-refractivity contribution < 1.29 is 44.4 Å². The van der Waals surface area contributed by atoms with Gasteiger partial charge >= 0.3 is 23.9 Å². The van der Waals surface area contributed by atoms with Crippen LogP contribution < -0.4 is 5.32 Å². The van der Waals surface area contributed by atoms with E-state index >= 15 is 0 Å². The average molecular weight is 477 g/mol. The lowest BCUT2D eigenvalue weighted by Gasteiger charge is -2.15. The van der Waals surface area contributed by atoms with E-state index in [1.807, 2.05) is 37.3 Å². The van der Waals surface area contributed by atoms with Gasteiger partial charge < -0.3 is 25.7 Å². The molecule has 3 aromatic carbocycles. The van der Waals surface area contributed by atoms with Crippen molar-refractivity contribution in [1.82, 2.24) is 0 Å². The number of carboxylic acids is 4. The van der Waals surface area contributed by atoms with Crippen molar-refractivity contribution in [2.75, 3.05) is 5.32 Å². The zero-order valence-corrected chi connectivity index (χ0v) is 18.2. The molecule has 0 aliphatic heterocycles. The summed E-state index contributed by atoms with van der Waals surface area (Å²) in [5, 5.41) is 40.2. The molecule has 1 unspecified atom stereocenters. The molecule has 0 aliphatic rings. The van der Waals surface area contributed by atoms with Gasteiger partial charge in [0.25, 0.3) is 5.91 Å². The number of nitrogens with one attached hydrogen (secondary N) is 1. The molecule has 0 radical (unpaired) electrons. The molecule has 178 valence electrons. The van der Waals surface area contributed by atoms with Gasteiger partial charge in [0.15, 0.2) is 0 Å². The molecule has 0 spiro atoms. The van der Waals surface area contributed by atoms with Crippen LogP contribution in [0.15, 0.2) is 60.7 Å². The third-order valence-corrected chi connectivity index (χ3v) is 5.41. The van der Waals surface area contributed by atoms with Gasteiger partial charge in [0, 0.05) is 11.6 Å². The number of carbonyl (C=O) groups is 5. The van der Waals surface area contributed by atoms with Crippen LogP contribution in [0, 0.1) is 0 Å². The number of amides is 1. The van der Waals surface area contributed by atoms with Gasteiger partial charge in [-0.1, -0.05) is 49.4 Å². The van der Waals surface area contributed by atoms with Crippen LogP contribution in [0.4, 0.5) is 5.69 Å². The Morgan fingerprint density at radius 3 is 1.60 bits per heavy atom. The minimum atomic E-state index is -2.00. The molecule has 10 heteroatoms. The van der Waals surface area contributed by atoms with Crippen molar-refractivity contribution in [1.29, 1.82) is 0 Å². The Hall–Kier alpha value is -4.99. The number of benzene rings is 3. The summed E-state index contributed by atoms with van der Waals surface area (Å²) in [6.07, 6.45) is 0. The molecular formula is C25H19NO9. The van der Waals surface area contributed by atoms with Crippen LogP contribution in [0.5, 0.6) is 0 Å². The van der Waals surface area contributed by atoms with Crippen molar-refractivity contribution in [3.63, 3.8) is 0 Å². The van der Waals surface area contributed by atoms with Crippen LogP contribution in [0.2, 0.25) is 0 Å². The van der Waals surface area contributed by atoms with Crippen LogP contribution >= 0.6 is 0 Å². The minimum absolute atomic E-state index is 0.0411. The number of carbonyl (C=O) groups excluding carboxylic acids is 1. The van der Waals surface area contributed by atoms with E-state index in [1.165, 1.54) is 0 Å². The van der Waals surface area contributed by atoms with Crippen molar-refractivity contribution in [3.8, 4) is 0 Å². The van der Waals surface area contributed by atoms with E-state index in [0.29, 0.717) is 6.07 Å². The number of anilines is 1. The number of rotatable bonds is 8. The lowest BCUT2D eigenvalue weighted by Crippen LogP contribution is -2.25. The summed E-state index contributed by atoms with van der Waals surface area (Å²) < 4.78 is 0. The van der Waals surface area contributed by atoms with E-state index in [1.54, 1.807) is 24.3 Å². The van der Waals surface area contributed by atoms with Gasteiger partial charge in [-0.15, -0.1) is 0 Å². The van der Waals surface area contributed by atoms with Gasteiger partial charge in [-0.3, -0.25) is 4.79 Å². The maximum absolute atomic E-state index is 12.9. The van der Waals surface area contributed by atoms with E-state index in [9.17, 15) is 44.4 Å². The van der Waals surface area contributed by atoms with Crippen LogP contribution in [-0.2, 0) is 0 Å². The molecule has 3 aromatic rings. The normalized spacial score (nSPS) is 11.3. The molecule has 0 aromatic heterocycles. The second-order valence-electron chi connectivity index (χ2n) is 7.53.